The van der Waals surface area contributed by atoms with Gasteiger partial charge in [0.25, 0.3) is 0 Å². The van der Waals surface area contributed by atoms with Crippen molar-refractivity contribution in [1.82, 2.24) is 4.72 Å². The number of aliphatic hydroxyl groups is 1. The van der Waals surface area contributed by atoms with Gasteiger partial charge in [0, 0.05) is 12.2 Å². The summed E-state index contributed by atoms with van der Waals surface area (Å²) in [5.74, 6) is -0.943. The fourth-order valence-corrected chi connectivity index (χ4v) is 2.78. The van der Waals surface area contributed by atoms with Crippen molar-refractivity contribution in [2.45, 2.75) is 11.0 Å². The van der Waals surface area contributed by atoms with Crippen LogP contribution in [0.4, 0.5) is 5.69 Å². The van der Waals surface area contributed by atoms with Crippen molar-refractivity contribution in [2.75, 3.05) is 19.4 Å². The fourth-order valence-electron chi connectivity index (χ4n) is 1.21. The Hall–Kier alpha value is -1.35. The number of sulfonamides is 1. The van der Waals surface area contributed by atoms with E-state index in [1.165, 1.54) is 18.2 Å². The third-order valence-electron chi connectivity index (χ3n) is 2.18. The van der Waals surface area contributed by atoms with E-state index in [0.717, 1.165) is 7.11 Å². The van der Waals surface area contributed by atoms with Crippen LogP contribution in [0.25, 0.3) is 0 Å². The predicted octanol–water partition coefficient (Wildman–Crippen LogP) is -0.266. The molecule has 1 unspecified atom stereocenters. The number of nitrogen functional groups attached to an aromatic ring is 1. The standard InChI is InChI=1S/C10H13ClN2O5S/c1-18-10(15)8(14)5-13-19(16,17)9-4-6(12)2-3-7(9)11/h2-4,8,13-14H,5,12H2,1H3. The molecule has 1 aromatic rings. The summed E-state index contributed by atoms with van der Waals surface area (Å²) in [7, 11) is -2.90. The maximum Gasteiger partial charge on any atom is 0.336 e. The largest absolute Gasteiger partial charge is 0.467 e. The maximum absolute atomic E-state index is 11.9. The Labute approximate surface area is 115 Å². The Morgan fingerprint density at radius 1 is 1.58 bits per heavy atom. The maximum atomic E-state index is 11.9. The Kier molecular flexibility index (Phi) is 5.12. The van der Waals surface area contributed by atoms with Crippen LogP contribution in [0, 0.1) is 0 Å². The monoisotopic (exact) mass is 308 g/mol. The van der Waals surface area contributed by atoms with Gasteiger partial charge in [-0.25, -0.2) is 17.9 Å². The molecule has 0 bridgehead atoms. The molecule has 0 heterocycles. The summed E-state index contributed by atoms with van der Waals surface area (Å²) in [5.41, 5.74) is 5.70. The molecule has 0 radical (unpaired) electrons. The molecule has 0 saturated heterocycles. The Morgan fingerprint density at radius 3 is 2.79 bits per heavy atom. The van der Waals surface area contributed by atoms with Gasteiger partial charge in [-0.05, 0) is 18.2 Å². The summed E-state index contributed by atoms with van der Waals surface area (Å²) < 4.78 is 30.1. The minimum Gasteiger partial charge on any atom is -0.467 e. The Balaban J connectivity index is 2.87. The number of rotatable bonds is 5. The van der Waals surface area contributed by atoms with Gasteiger partial charge < -0.3 is 15.6 Å². The van der Waals surface area contributed by atoms with Crippen LogP contribution < -0.4 is 10.5 Å². The molecule has 4 N–H and O–H groups in total. The van der Waals surface area contributed by atoms with Crippen LogP contribution in [0.5, 0.6) is 0 Å². The van der Waals surface area contributed by atoms with Crippen LogP contribution in [0.15, 0.2) is 23.1 Å². The van der Waals surface area contributed by atoms with Gasteiger partial charge >= 0.3 is 5.97 Å². The van der Waals surface area contributed by atoms with E-state index in [0.29, 0.717) is 0 Å². The van der Waals surface area contributed by atoms with Crippen LogP contribution in [0.1, 0.15) is 0 Å². The normalized spacial score (nSPS) is 13.0. The van der Waals surface area contributed by atoms with Crippen LogP contribution in [-0.2, 0) is 19.6 Å². The van der Waals surface area contributed by atoms with E-state index in [2.05, 4.69) is 4.74 Å². The quantitative estimate of drug-likeness (QED) is 0.509. The lowest BCUT2D eigenvalue weighted by molar-refractivity contribution is -0.149. The summed E-state index contributed by atoms with van der Waals surface area (Å²) in [6, 6.07) is 3.96. The number of hydrogen-bond donors (Lipinski definition) is 3. The first-order valence-electron chi connectivity index (χ1n) is 5.08. The van der Waals surface area contributed by atoms with E-state index in [9.17, 15) is 18.3 Å². The molecule has 1 rings (SSSR count). The van der Waals surface area contributed by atoms with Gasteiger partial charge in [-0.15, -0.1) is 0 Å². The molecule has 0 aliphatic heterocycles. The highest BCUT2D eigenvalue weighted by Gasteiger charge is 2.22. The van der Waals surface area contributed by atoms with Crippen molar-refractivity contribution in [3.05, 3.63) is 23.2 Å². The summed E-state index contributed by atoms with van der Waals surface area (Å²) in [6.45, 7) is -0.528. The zero-order chi connectivity index (χ0) is 14.6. The van der Waals surface area contributed by atoms with E-state index < -0.39 is 28.6 Å². The van der Waals surface area contributed by atoms with Crippen LogP contribution >= 0.6 is 11.6 Å². The molecule has 1 aromatic carbocycles. The van der Waals surface area contributed by atoms with Crippen molar-refractivity contribution in [3.8, 4) is 0 Å². The molecule has 1 atom stereocenters. The van der Waals surface area contributed by atoms with Crippen molar-refractivity contribution in [1.29, 1.82) is 0 Å². The second kappa shape index (κ2) is 6.20. The topological polar surface area (TPSA) is 119 Å². The van der Waals surface area contributed by atoms with E-state index >= 15 is 0 Å². The zero-order valence-corrected chi connectivity index (χ0v) is 11.5. The molecule has 0 aliphatic carbocycles. The van der Waals surface area contributed by atoms with Gasteiger partial charge in [0.1, 0.15) is 4.90 Å². The number of anilines is 1. The van der Waals surface area contributed by atoms with E-state index in [1.807, 2.05) is 4.72 Å². The predicted molar refractivity (Wildman–Crippen MR) is 69.1 cm³/mol. The van der Waals surface area contributed by atoms with Crippen molar-refractivity contribution in [3.63, 3.8) is 0 Å². The second-order valence-electron chi connectivity index (χ2n) is 3.58. The minimum absolute atomic E-state index is 0.0192. The molecule has 9 heteroatoms. The van der Waals surface area contributed by atoms with Crippen LogP contribution in [-0.4, -0.2) is 39.3 Å². The average Bonchev–Trinajstić information content (AvgIpc) is 2.37. The number of halogens is 1. The highest BCUT2D eigenvalue weighted by atomic mass is 35.5. The van der Waals surface area contributed by atoms with Crippen molar-refractivity contribution in [2.24, 2.45) is 0 Å². The lowest BCUT2D eigenvalue weighted by Gasteiger charge is -2.11. The zero-order valence-electron chi connectivity index (χ0n) is 9.96. The average molecular weight is 309 g/mol. The molecular formula is C10H13ClN2O5S. The molecule has 0 spiro atoms. The molecule has 0 aromatic heterocycles. The van der Waals surface area contributed by atoms with Crippen LogP contribution in [0.3, 0.4) is 0 Å². The van der Waals surface area contributed by atoms with Crippen molar-refractivity contribution < 1.29 is 23.1 Å². The number of carbonyl (C=O) groups excluding carboxylic acids is 1. The molecule has 0 fully saturated rings. The van der Waals surface area contributed by atoms with Gasteiger partial charge in [0.2, 0.25) is 10.0 Å². The van der Waals surface area contributed by atoms with Gasteiger partial charge in [0.05, 0.1) is 12.1 Å². The number of aliphatic hydroxyl groups excluding tert-OH is 1. The Bertz CT molecular complexity index is 575. The lowest BCUT2D eigenvalue weighted by atomic mass is 10.3. The molecule has 19 heavy (non-hydrogen) atoms. The smallest absolute Gasteiger partial charge is 0.336 e. The third kappa shape index (κ3) is 4.06. The van der Waals surface area contributed by atoms with E-state index in [-0.39, 0.29) is 15.6 Å². The van der Waals surface area contributed by atoms with Crippen LogP contribution in [0.2, 0.25) is 5.02 Å². The van der Waals surface area contributed by atoms with E-state index in [1.54, 1.807) is 0 Å². The lowest BCUT2D eigenvalue weighted by Crippen LogP contribution is -2.37. The number of nitrogens with two attached hydrogens (primary N) is 1. The van der Waals surface area contributed by atoms with Gasteiger partial charge in [0.15, 0.2) is 6.10 Å². The molecule has 0 amide bonds. The highest BCUT2D eigenvalue weighted by Crippen LogP contribution is 2.23. The molecule has 106 valence electrons. The summed E-state index contributed by atoms with van der Waals surface area (Å²) in [5, 5.41) is 9.27. The summed E-state index contributed by atoms with van der Waals surface area (Å²) >= 11 is 5.76. The number of benzene rings is 1. The number of esters is 1. The summed E-state index contributed by atoms with van der Waals surface area (Å²) in [6.07, 6.45) is -1.60. The van der Waals surface area contributed by atoms with Gasteiger partial charge in [-0.3, -0.25) is 0 Å². The number of ether oxygens (including phenoxy) is 1. The van der Waals surface area contributed by atoms with Gasteiger partial charge in [-0.2, -0.15) is 0 Å². The molecule has 0 aliphatic rings. The molecular weight excluding hydrogens is 296 g/mol. The first-order chi connectivity index (χ1) is 8.77. The Morgan fingerprint density at radius 2 is 2.21 bits per heavy atom. The SMILES string of the molecule is COC(=O)C(O)CNS(=O)(=O)c1cc(N)ccc1Cl. The third-order valence-corrected chi connectivity index (χ3v) is 4.09. The highest BCUT2D eigenvalue weighted by molar-refractivity contribution is 7.89. The van der Waals surface area contributed by atoms with Crippen molar-refractivity contribution >= 4 is 33.3 Å². The number of carbonyl (C=O) groups is 1. The number of methoxy groups -OCH3 is 1. The molecule has 7 nitrogen and oxygen atoms in total. The molecule has 0 saturated carbocycles. The minimum atomic E-state index is -3.98. The number of hydrogen-bond acceptors (Lipinski definition) is 6. The number of nitrogens with one attached hydrogen (secondary N) is 1. The van der Waals surface area contributed by atoms with E-state index in [4.69, 9.17) is 17.3 Å². The fraction of sp³-hybridized carbons (Fsp3) is 0.300. The van der Waals surface area contributed by atoms with Gasteiger partial charge in [-0.1, -0.05) is 11.6 Å². The first kappa shape index (κ1) is 15.7. The second-order valence-corrected chi connectivity index (χ2v) is 5.72. The summed E-state index contributed by atoms with van der Waals surface area (Å²) in [4.78, 5) is 10.7. The first-order valence-corrected chi connectivity index (χ1v) is 6.94.